The molecule has 170 valence electrons. The number of carbonyl (C=O) groups excluding carboxylic acids is 2. The zero-order chi connectivity index (χ0) is 23.1. The van der Waals surface area contributed by atoms with Crippen LogP contribution >= 0.6 is 0 Å². The molecule has 3 aromatic carbocycles. The summed E-state index contributed by atoms with van der Waals surface area (Å²) in [7, 11) is 0. The molecule has 0 spiro atoms. The SMILES string of the molecule is CC(=O)N1CCC(C(=O)NCCC(c2ccccc2)c2ccccc2)(c2ccccc2)CC1. The number of benzene rings is 3. The fourth-order valence-corrected chi connectivity index (χ4v) is 5.00. The van der Waals surface area contributed by atoms with Gasteiger partial charge >= 0.3 is 0 Å². The second-order valence-electron chi connectivity index (χ2n) is 8.87. The molecule has 0 atom stereocenters. The Morgan fingerprint density at radius 3 is 1.79 bits per heavy atom. The third kappa shape index (κ3) is 5.16. The van der Waals surface area contributed by atoms with Gasteiger partial charge in [0.15, 0.2) is 0 Å². The maximum Gasteiger partial charge on any atom is 0.230 e. The lowest BCUT2D eigenvalue weighted by atomic mass is 9.72. The summed E-state index contributed by atoms with van der Waals surface area (Å²) in [5.74, 6) is 0.363. The lowest BCUT2D eigenvalue weighted by molar-refractivity contribution is -0.135. The van der Waals surface area contributed by atoms with Crippen molar-refractivity contribution in [2.24, 2.45) is 0 Å². The molecule has 3 aromatic rings. The second-order valence-corrected chi connectivity index (χ2v) is 8.87. The summed E-state index contributed by atoms with van der Waals surface area (Å²) in [6, 6.07) is 31.0. The van der Waals surface area contributed by atoms with Crippen LogP contribution in [0.2, 0.25) is 0 Å². The van der Waals surface area contributed by atoms with E-state index in [2.05, 4.69) is 53.8 Å². The summed E-state index contributed by atoms with van der Waals surface area (Å²) in [4.78, 5) is 27.3. The van der Waals surface area contributed by atoms with Crippen molar-refractivity contribution >= 4 is 11.8 Å². The fraction of sp³-hybridized carbons (Fsp3) is 0.310. The van der Waals surface area contributed by atoms with Crippen LogP contribution in [0.25, 0.3) is 0 Å². The lowest BCUT2D eigenvalue weighted by Crippen LogP contribution is -2.52. The lowest BCUT2D eigenvalue weighted by Gasteiger charge is -2.41. The Bertz CT molecular complexity index is 1000. The van der Waals surface area contributed by atoms with Crippen molar-refractivity contribution in [1.29, 1.82) is 0 Å². The summed E-state index contributed by atoms with van der Waals surface area (Å²) in [5, 5.41) is 3.26. The molecule has 33 heavy (non-hydrogen) atoms. The minimum atomic E-state index is -0.595. The summed E-state index contributed by atoms with van der Waals surface area (Å²) in [6.07, 6.45) is 2.11. The molecule has 1 aliphatic heterocycles. The van der Waals surface area contributed by atoms with Crippen LogP contribution in [0.15, 0.2) is 91.0 Å². The third-order valence-electron chi connectivity index (χ3n) is 6.95. The molecule has 0 aromatic heterocycles. The van der Waals surface area contributed by atoms with Gasteiger partial charge in [-0.1, -0.05) is 91.0 Å². The maximum absolute atomic E-state index is 13.6. The van der Waals surface area contributed by atoms with Crippen molar-refractivity contribution in [3.8, 4) is 0 Å². The van der Waals surface area contributed by atoms with Crippen molar-refractivity contribution in [1.82, 2.24) is 10.2 Å². The zero-order valence-electron chi connectivity index (χ0n) is 19.2. The predicted molar refractivity (Wildman–Crippen MR) is 132 cm³/mol. The van der Waals surface area contributed by atoms with Crippen molar-refractivity contribution in [3.05, 3.63) is 108 Å². The van der Waals surface area contributed by atoms with Crippen LogP contribution in [0.5, 0.6) is 0 Å². The van der Waals surface area contributed by atoms with E-state index in [9.17, 15) is 9.59 Å². The van der Waals surface area contributed by atoms with E-state index in [1.807, 2.05) is 47.4 Å². The Balaban J connectivity index is 1.50. The first-order chi connectivity index (χ1) is 16.1. The average molecular weight is 441 g/mol. The Labute approximate surface area is 196 Å². The van der Waals surface area contributed by atoms with Gasteiger partial charge in [-0.3, -0.25) is 9.59 Å². The molecule has 1 fully saturated rings. The molecule has 4 heteroatoms. The van der Waals surface area contributed by atoms with Gasteiger partial charge in [0, 0.05) is 32.5 Å². The average Bonchev–Trinajstić information content (AvgIpc) is 2.88. The number of carbonyl (C=O) groups is 2. The van der Waals surface area contributed by atoms with E-state index in [0.717, 1.165) is 12.0 Å². The monoisotopic (exact) mass is 440 g/mol. The third-order valence-corrected chi connectivity index (χ3v) is 6.95. The highest BCUT2D eigenvalue weighted by atomic mass is 16.2. The summed E-state index contributed by atoms with van der Waals surface area (Å²) in [6.45, 7) is 3.41. The molecule has 1 N–H and O–H groups in total. The van der Waals surface area contributed by atoms with Gasteiger partial charge in [0.05, 0.1) is 5.41 Å². The number of hydrogen-bond acceptors (Lipinski definition) is 2. The Kier molecular flexibility index (Phi) is 7.23. The largest absolute Gasteiger partial charge is 0.355 e. The standard InChI is InChI=1S/C29H32N2O2/c1-23(32)31-21-18-29(19-22-31,26-15-9-4-10-16-26)28(33)30-20-17-27(24-11-5-2-6-12-24)25-13-7-3-8-14-25/h2-16,27H,17-22H2,1H3,(H,30,33). The molecule has 1 aliphatic rings. The molecule has 0 radical (unpaired) electrons. The Morgan fingerprint density at radius 2 is 1.30 bits per heavy atom. The number of nitrogens with zero attached hydrogens (tertiary/aromatic N) is 1. The fourth-order valence-electron chi connectivity index (χ4n) is 5.00. The van der Waals surface area contributed by atoms with E-state index in [0.29, 0.717) is 32.5 Å². The van der Waals surface area contributed by atoms with Gasteiger partial charge in [0.2, 0.25) is 11.8 Å². The van der Waals surface area contributed by atoms with E-state index < -0.39 is 5.41 Å². The van der Waals surface area contributed by atoms with Gasteiger partial charge < -0.3 is 10.2 Å². The van der Waals surface area contributed by atoms with Crippen molar-refractivity contribution in [2.75, 3.05) is 19.6 Å². The van der Waals surface area contributed by atoms with E-state index in [4.69, 9.17) is 0 Å². The molecule has 2 amide bonds. The molecule has 0 unspecified atom stereocenters. The summed E-state index contributed by atoms with van der Waals surface area (Å²) >= 11 is 0. The van der Waals surface area contributed by atoms with Gasteiger partial charge in [-0.15, -0.1) is 0 Å². The quantitative estimate of drug-likeness (QED) is 0.568. The van der Waals surface area contributed by atoms with Gasteiger partial charge in [-0.05, 0) is 36.0 Å². The van der Waals surface area contributed by atoms with Crippen LogP contribution in [-0.4, -0.2) is 36.3 Å². The molecule has 1 saturated heterocycles. The highest BCUT2D eigenvalue weighted by Gasteiger charge is 2.43. The molecular weight excluding hydrogens is 408 g/mol. The first-order valence-electron chi connectivity index (χ1n) is 11.8. The Hall–Kier alpha value is -3.40. The minimum Gasteiger partial charge on any atom is -0.355 e. The van der Waals surface area contributed by atoms with E-state index in [-0.39, 0.29) is 17.7 Å². The Morgan fingerprint density at radius 1 is 0.818 bits per heavy atom. The highest BCUT2D eigenvalue weighted by Crippen LogP contribution is 2.36. The number of likely N-dealkylation sites (tertiary alicyclic amines) is 1. The van der Waals surface area contributed by atoms with Crippen molar-refractivity contribution in [3.63, 3.8) is 0 Å². The normalized spacial score (nSPS) is 15.3. The molecule has 0 aliphatic carbocycles. The summed E-state index contributed by atoms with van der Waals surface area (Å²) in [5.41, 5.74) is 2.95. The molecule has 4 nitrogen and oxygen atoms in total. The first-order valence-corrected chi connectivity index (χ1v) is 11.8. The number of hydrogen-bond donors (Lipinski definition) is 1. The van der Waals surface area contributed by atoms with Crippen LogP contribution < -0.4 is 5.32 Å². The smallest absolute Gasteiger partial charge is 0.230 e. The predicted octanol–water partition coefficient (Wildman–Crippen LogP) is 4.91. The van der Waals surface area contributed by atoms with Gasteiger partial charge in [-0.2, -0.15) is 0 Å². The number of amides is 2. The van der Waals surface area contributed by atoms with Crippen LogP contribution in [-0.2, 0) is 15.0 Å². The topological polar surface area (TPSA) is 49.4 Å². The maximum atomic E-state index is 13.6. The second kappa shape index (κ2) is 10.5. The van der Waals surface area contributed by atoms with Crippen LogP contribution in [0.1, 0.15) is 48.8 Å². The number of nitrogens with one attached hydrogen (secondary N) is 1. The minimum absolute atomic E-state index is 0.0665. The molecule has 0 saturated carbocycles. The van der Waals surface area contributed by atoms with Crippen LogP contribution in [0.4, 0.5) is 0 Å². The number of piperidine rings is 1. The van der Waals surface area contributed by atoms with Crippen molar-refractivity contribution in [2.45, 2.75) is 37.5 Å². The van der Waals surface area contributed by atoms with Gasteiger partial charge in [-0.25, -0.2) is 0 Å². The van der Waals surface area contributed by atoms with Gasteiger partial charge in [0.1, 0.15) is 0 Å². The molecular formula is C29H32N2O2. The molecule has 4 rings (SSSR count). The van der Waals surface area contributed by atoms with Crippen LogP contribution in [0, 0.1) is 0 Å². The zero-order valence-corrected chi connectivity index (χ0v) is 19.2. The number of rotatable bonds is 7. The molecule has 0 bridgehead atoms. The summed E-state index contributed by atoms with van der Waals surface area (Å²) < 4.78 is 0. The molecule has 1 heterocycles. The van der Waals surface area contributed by atoms with Crippen LogP contribution in [0.3, 0.4) is 0 Å². The van der Waals surface area contributed by atoms with Gasteiger partial charge in [0.25, 0.3) is 0 Å². The van der Waals surface area contributed by atoms with E-state index in [1.54, 1.807) is 6.92 Å². The highest BCUT2D eigenvalue weighted by molar-refractivity contribution is 5.88. The first kappa shape index (κ1) is 22.8. The van der Waals surface area contributed by atoms with E-state index in [1.165, 1.54) is 11.1 Å². The van der Waals surface area contributed by atoms with E-state index >= 15 is 0 Å². The van der Waals surface area contributed by atoms with Crippen molar-refractivity contribution < 1.29 is 9.59 Å².